The summed E-state index contributed by atoms with van der Waals surface area (Å²) in [5, 5.41) is 2.61. The van der Waals surface area contributed by atoms with Gasteiger partial charge in [-0.1, -0.05) is 36.4 Å². The standard InChI is InChI=1S/C16H14ClF2NO/c1-16(10-17,11-6-3-2-4-7-11)20-15(21)14-12(18)8-5-9-13(14)19/h2-9H,10H2,1H3,(H,20,21). The maximum absolute atomic E-state index is 13.6. The molecule has 0 fully saturated rings. The first-order valence-electron chi connectivity index (χ1n) is 6.36. The maximum atomic E-state index is 13.6. The molecule has 1 atom stereocenters. The van der Waals surface area contributed by atoms with Crippen LogP contribution >= 0.6 is 11.6 Å². The third kappa shape index (κ3) is 3.22. The predicted octanol–water partition coefficient (Wildman–Crippen LogP) is 3.85. The quantitative estimate of drug-likeness (QED) is 0.854. The highest BCUT2D eigenvalue weighted by atomic mass is 35.5. The number of carbonyl (C=O) groups excluding carboxylic acids is 1. The van der Waals surface area contributed by atoms with Crippen molar-refractivity contribution < 1.29 is 13.6 Å². The maximum Gasteiger partial charge on any atom is 0.257 e. The number of hydrogen-bond acceptors (Lipinski definition) is 1. The van der Waals surface area contributed by atoms with Gasteiger partial charge in [-0.2, -0.15) is 0 Å². The summed E-state index contributed by atoms with van der Waals surface area (Å²) in [4.78, 5) is 12.2. The molecule has 1 N–H and O–H groups in total. The van der Waals surface area contributed by atoms with Crippen LogP contribution in [0.4, 0.5) is 8.78 Å². The summed E-state index contributed by atoms with van der Waals surface area (Å²) in [7, 11) is 0. The van der Waals surface area contributed by atoms with Crippen LogP contribution in [0.2, 0.25) is 0 Å². The van der Waals surface area contributed by atoms with Crippen molar-refractivity contribution in [1.29, 1.82) is 0 Å². The Morgan fingerprint density at radius 2 is 1.67 bits per heavy atom. The van der Waals surface area contributed by atoms with E-state index in [1.165, 1.54) is 6.07 Å². The SMILES string of the molecule is CC(CCl)(NC(=O)c1c(F)cccc1F)c1ccccc1. The van der Waals surface area contributed by atoms with E-state index in [0.717, 1.165) is 17.7 Å². The molecule has 21 heavy (non-hydrogen) atoms. The minimum atomic E-state index is -0.922. The van der Waals surface area contributed by atoms with Gasteiger partial charge in [-0.25, -0.2) is 8.78 Å². The van der Waals surface area contributed by atoms with E-state index in [1.54, 1.807) is 31.2 Å². The number of amides is 1. The van der Waals surface area contributed by atoms with Crippen molar-refractivity contribution in [2.75, 3.05) is 5.88 Å². The molecule has 2 aromatic rings. The van der Waals surface area contributed by atoms with Gasteiger partial charge in [-0.15, -0.1) is 11.6 Å². The smallest absolute Gasteiger partial charge is 0.257 e. The Balaban J connectivity index is 2.33. The third-order valence-electron chi connectivity index (χ3n) is 3.26. The number of hydrogen-bond donors (Lipinski definition) is 1. The summed E-state index contributed by atoms with van der Waals surface area (Å²) in [6, 6.07) is 12.3. The predicted molar refractivity (Wildman–Crippen MR) is 78.3 cm³/mol. The van der Waals surface area contributed by atoms with Crippen LogP contribution in [0.15, 0.2) is 48.5 Å². The van der Waals surface area contributed by atoms with E-state index < -0.39 is 28.6 Å². The monoisotopic (exact) mass is 309 g/mol. The minimum absolute atomic E-state index is 0.0683. The van der Waals surface area contributed by atoms with Gasteiger partial charge in [0.05, 0.1) is 5.54 Å². The lowest BCUT2D eigenvalue weighted by atomic mass is 9.93. The Kier molecular flexibility index (Phi) is 4.58. The van der Waals surface area contributed by atoms with E-state index in [0.29, 0.717) is 0 Å². The number of halogens is 3. The molecule has 0 aliphatic heterocycles. The highest BCUT2D eigenvalue weighted by Gasteiger charge is 2.30. The first-order valence-corrected chi connectivity index (χ1v) is 6.89. The van der Waals surface area contributed by atoms with Gasteiger partial charge < -0.3 is 5.32 Å². The Labute approximate surface area is 126 Å². The molecule has 2 aromatic carbocycles. The van der Waals surface area contributed by atoms with Crippen molar-refractivity contribution in [2.24, 2.45) is 0 Å². The Morgan fingerprint density at radius 3 is 2.19 bits per heavy atom. The lowest BCUT2D eigenvalue weighted by Gasteiger charge is -2.29. The molecule has 0 saturated carbocycles. The molecule has 110 valence electrons. The molecule has 2 nitrogen and oxygen atoms in total. The fraction of sp³-hybridized carbons (Fsp3) is 0.188. The molecule has 2 rings (SSSR count). The third-order valence-corrected chi connectivity index (χ3v) is 3.79. The summed E-state index contributed by atoms with van der Waals surface area (Å²) >= 11 is 5.95. The van der Waals surface area contributed by atoms with E-state index in [-0.39, 0.29) is 5.88 Å². The number of benzene rings is 2. The highest BCUT2D eigenvalue weighted by Crippen LogP contribution is 2.23. The van der Waals surface area contributed by atoms with Gasteiger partial charge in [0.25, 0.3) is 5.91 Å². The topological polar surface area (TPSA) is 29.1 Å². The highest BCUT2D eigenvalue weighted by molar-refractivity contribution is 6.19. The molecule has 1 unspecified atom stereocenters. The second-order valence-corrected chi connectivity index (χ2v) is 5.15. The molecule has 0 heterocycles. The van der Waals surface area contributed by atoms with Crippen LogP contribution in [0.5, 0.6) is 0 Å². The van der Waals surface area contributed by atoms with Crippen LogP contribution < -0.4 is 5.32 Å². The Hall–Kier alpha value is -1.94. The molecular weight excluding hydrogens is 296 g/mol. The first-order chi connectivity index (χ1) is 9.98. The van der Waals surface area contributed by atoms with Gasteiger partial charge in [0.1, 0.15) is 17.2 Å². The second-order valence-electron chi connectivity index (χ2n) is 4.88. The van der Waals surface area contributed by atoms with Crippen LogP contribution in [0, 0.1) is 11.6 Å². The summed E-state index contributed by atoms with van der Waals surface area (Å²) in [6.07, 6.45) is 0. The fourth-order valence-electron chi connectivity index (χ4n) is 2.02. The lowest BCUT2D eigenvalue weighted by Crippen LogP contribution is -2.45. The Bertz CT molecular complexity index is 628. The van der Waals surface area contributed by atoms with Crippen molar-refractivity contribution in [1.82, 2.24) is 5.32 Å². The molecule has 0 aliphatic rings. The zero-order valence-electron chi connectivity index (χ0n) is 11.4. The minimum Gasteiger partial charge on any atom is -0.341 e. The van der Waals surface area contributed by atoms with E-state index >= 15 is 0 Å². The van der Waals surface area contributed by atoms with Gasteiger partial charge in [0.2, 0.25) is 0 Å². The molecule has 0 radical (unpaired) electrons. The van der Waals surface area contributed by atoms with Gasteiger partial charge in [-0.05, 0) is 24.6 Å². The molecular formula is C16H14ClF2NO. The van der Waals surface area contributed by atoms with Gasteiger partial charge in [0.15, 0.2) is 0 Å². The van der Waals surface area contributed by atoms with E-state index in [9.17, 15) is 13.6 Å². The number of carbonyl (C=O) groups is 1. The number of rotatable bonds is 4. The summed E-state index contributed by atoms with van der Waals surface area (Å²) in [6.45, 7) is 1.70. The van der Waals surface area contributed by atoms with Crippen molar-refractivity contribution in [2.45, 2.75) is 12.5 Å². The van der Waals surface area contributed by atoms with Crippen LogP contribution in [0.1, 0.15) is 22.8 Å². The van der Waals surface area contributed by atoms with Gasteiger partial charge in [0, 0.05) is 5.88 Å². The van der Waals surface area contributed by atoms with E-state index in [2.05, 4.69) is 5.32 Å². The summed E-state index contributed by atoms with van der Waals surface area (Å²) in [5.41, 5.74) is -0.774. The van der Waals surface area contributed by atoms with E-state index in [1.807, 2.05) is 6.07 Å². The molecule has 1 amide bonds. The van der Waals surface area contributed by atoms with Gasteiger partial charge >= 0.3 is 0 Å². The first kappa shape index (κ1) is 15.4. The van der Waals surface area contributed by atoms with Crippen LogP contribution in [0.25, 0.3) is 0 Å². The van der Waals surface area contributed by atoms with Gasteiger partial charge in [-0.3, -0.25) is 4.79 Å². The molecule has 5 heteroatoms. The average molecular weight is 310 g/mol. The Morgan fingerprint density at radius 1 is 1.10 bits per heavy atom. The molecule has 0 spiro atoms. The number of alkyl halides is 1. The van der Waals surface area contributed by atoms with E-state index in [4.69, 9.17) is 11.6 Å². The number of nitrogens with one attached hydrogen (secondary N) is 1. The second kappa shape index (κ2) is 6.22. The molecule has 0 bridgehead atoms. The largest absolute Gasteiger partial charge is 0.341 e. The van der Waals surface area contributed by atoms with Crippen LogP contribution in [-0.2, 0) is 5.54 Å². The average Bonchev–Trinajstić information content (AvgIpc) is 2.48. The fourth-order valence-corrected chi connectivity index (χ4v) is 2.24. The van der Waals surface area contributed by atoms with Crippen LogP contribution in [0.3, 0.4) is 0 Å². The lowest BCUT2D eigenvalue weighted by molar-refractivity contribution is 0.0904. The summed E-state index contributed by atoms with van der Waals surface area (Å²) in [5.74, 6) is -2.58. The zero-order valence-corrected chi connectivity index (χ0v) is 12.1. The van der Waals surface area contributed by atoms with Crippen LogP contribution in [-0.4, -0.2) is 11.8 Å². The normalized spacial score (nSPS) is 13.5. The zero-order chi connectivity index (χ0) is 15.5. The van der Waals surface area contributed by atoms with Crippen molar-refractivity contribution in [3.05, 3.63) is 71.3 Å². The van der Waals surface area contributed by atoms with Crippen molar-refractivity contribution >= 4 is 17.5 Å². The summed E-state index contributed by atoms with van der Waals surface area (Å²) < 4.78 is 27.3. The molecule has 0 aromatic heterocycles. The molecule has 0 aliphatic carbocycles. The van der Waals surface area contributed by atoms with Crippen molar-refractivity contribution in [3.63, 3.8) is 0 Å². The molecule has 0 saturated heterocycles. The van der Waals surface area contributed by atoms with Crippen molar-refractivity contribution in [3.8, 4) is 0 Å².